The van der Waals surface area contributed by atoms with Crippen molar-refractivity contribution >= 4 is 38.6 Å². The van der Waals surface area contributed by atoms with E-state index in [2.05, 4.69) is 16.8 Å². The Labute approximate surface area is 175 Å². The zero-order chi connectivity index (χ0) is 20.4. The summed E-state index contributed by atoms with van der Waals surface area (Å²) >= 11 is 1.64. The number of rotatable bonds is 5. The van der Waals surface area contributed by atoms with Gasteiger partial charge in [-0.3, -0.25) is 9.10 Å². The molecule has 1 N–H and O–H groups in total. The van der Waals surface area contributed by atoms with E-state index in [4.69, 9.17) is 0 Å². The van der Waals surface area contributed by atoms with Gasteiger partial charge in [-0.05, 0) is 83.6 Å². The van der Waals surface area contributed by atoms with Crippen LogP contribution in [0.3, 0.4) is 0 Å². The van der Waals surface area contributed by atoms with Gasteiger partial charge in [0.15, 0.2) is 0 Å². The molecule has 2 heterocycles. The van der Waals surface area contributed by atoms with Gasteiger partial charge in [-0.1, -0.05) is 12.1 Å². The monoisotopic (exact) mass is 426 g/mol. The number of carbonyl (C=O) groups is 1. The maximum absolute atomic E-state index is 12.6. The lowest BCUT2D eigenvalue weighted by atomic mass is 10.0. The van der Waals surface area contributed by atoms with Gasteiger partial charge in [-0.25, -0.2) is 8.42 Å². The van der Waals surface area contributed by atoms with Crippen molar-refractivity contribution in [1.82, 2.24) is 0 Å². The highest BCUT2D eigenvalue weighted by molar-refractivity contribution is 7.92. The van der Waals surface area contributed by atoms with Gasteiger partial charge in [0.1, 0.15) is 0 Å². The van der Waals surface area contributed by atoms with E-state index in [1.54, 1.807) is 30.4 Å². The van der Waals surface area contributed by atoms with Crippen LogP contribution in [-0.2, 0) is 16.4 Å². The van der Waals surface area contributed by atoms with Crippen LogP contribution < -0.4 is 9.62 Å². The molecule has 1 aliphatic heterocycles. The van der Waals surface area contributed by atoms with Crippen molar-refractivity contribution in [2.24, 2.45) is 0 Å². The Balaban J connectivity index is 1.52. The van der Waals surface area contributed by atoms with Gasteiger partial charge in [0.2, 0.25) is 10.0 Å². The number of nitrogens with one attached hydrogen (secondary N) is 1. The summed E-state index contributed by atoms with van der Waals surface area (Å²) in [6.45, 7) is 2.16. The van der Waals surface area contributed by atoms with Crippen LogP contribution in [0.25, 0.3) is 11.1 Å². The van der Waals surface area contributed by atoms with Crippen molar-refractivity contribution in [2.75, 3.05) is 21.9 Å². The SMILES string of the molecule is CCS(=O)(=O)N1CCCc2cc(NC(=O)c3ccc(-c4ccsc4)cc3)ccc21. The molecule has 0 radical (unpaired) electrons. The number of benzene rings is 2. The largest absolute Gasteiger partial charge is 0.322 e. The van der Waals surface area contributed by atoms with Gasteiger partial charge in [0.25, 0.3) is 5.91 Å². The third-order valence-electron chi connectivity index (χ3n) is 5.12. The van der Waals surface area contributed by atoms with Crippen LogP contribution in [0.4, 0.5) is 11.4 Å². The molecular weight excluding hydrogens is 404 g/mol. The number of fused-ring (bicyclic) bond motifs is 1. The quantitative estimate of drug-likeness (QED) is 0.639. The summed E-state index contributed by atoms with van der Waals surface area (Å²) in [5.74, 6) is -0.109. The number of hydrogen-bond donors (Lipinski definition) is 1. The fourth-order valence-electron chi connectivity index (χ4n) is 3.53. The molecule has 2 aromatic carbocycles. The molecule has 29 heavy (non-hydrogen) atoms. The Bertz CT molecular complexity index is 1120. The Kier molecular flexibility index (Phi) is 5.43. The molecule has 0 saturated carbocycles. The zero-order valence-electron chi connectivity index (χ0n) is 16.1. The maximum atomic E-state index is 12.6. The van der Waals surface area contributed by atoms with Crippen molar-refractivity contribution in [3.05, 3.63) is 70.4 Å². The van der Waals surface area contributed by atoms with Gasteiger partial charge < -0.3 is 5.32 Å². The predicted octanol–water partition coefficient (Wildman–Crippen LogP) is 4.77. The average Bonchev–Trinajstić information content (AvgIpc) is 3.28. The van der Waals surface area contributed by atoms with Crippen LogP contribution in [0.1, 0.15) is 29.3 Å². The summed E-state index contributed by atoms with van der Waals surface area (Å²) < 4.78 is 26.2. The van der Waals surface area contributed by atoms with Crippen LogP contribution in [-0.4, -0.2) is 26.6 Å². The number of amides is 1. The lowest BCUT2D eigenvalue weighted by Gasteiger charge is -2.30. The standard InChI is InChI=1S/C22H22N2O3S2/c1-2-29(26,27)24-12-3-4-18-14-20(9-10-21(18)24)23-22(25)17-7-5-16(6-8-17)19-11-13-28-15-19/h5-11,13-15H,2-4,12H2,1H3,(H,23,25). The van der Waals surface area contributed by atoms with E-state index in [-0.39, 0.29) is 11.7 Å². The number of sulfonamides is 1. The summed E-state index contributed by atoms with van der Waals surface area (Å²) in [6.07, 6.45) is 1.57. The van der Waals surface area contributed by atoms with Gasteiger partial charge in [0.05, 0.1) is 11.4 Å². The minimum absolute atomic E-state index is 0.0757. The van der Waals surface area contributed by atoms with Crippen molar-refractivity contribution in [3.63, 3.8) is 0 Å². The minimum Gasteiger partial charge on any atom is -0.322 e. The zero-order valence-corrected chi connectivity index (χ0v) is 17.7. The third-order valence-corrected chi connectivity index (χ3v) is 7.58. The first-order valence-electron chi connectivity index (χ1n) is 9.55. The summed E-state index contributed by atoms with van der Waals surface area (Å²) in [5, 5.41) is 7.03. The molecule has 0 spiro atoms. The fraction of sp³-hybridized carbons (Fsp3) is 0.227. The van der Waals surface area contributed by atoms with E-state index in [1.165, 1.54) is 4.31 Å². The van der Waals surface area contributed by atoms with Crippen LogP contribution in [0.5, 0.6) is 0 Å². The van der Waals surface area contributed by atoms with E-state index < -0.39 is 10.0 Å². The molecule has 3 aromatic rings. The van der Waals surface area contributed by atoms with Crippen LogP contribution >= 0.6 is 11.3 Å². The number of nitrogens with zero attached hydrogens (tertiary/aromatic N) is 1. The number of carbonyl (C=O) groups excluding carboxylic acids is 1. The Morgan fingerprint density at radius 3 is 2.59 bits per heavy atom. The lowest BCUT2D eigenvalue weighted by Crippen LogP contribution is -2.36. The Hall–Kier alpha value is -2.64. The van der Waals surface area contributed by atoms with E-state index in [0.29, 0.717) is 17.8 Å². The highest BCUT2D eigenvalue weighted by Crippen LogP contribution is 2.32. The lowest BCUT2D eigenvalue weighted by molar-refractivity contribution is 0.102. The Morgan fingerprint density at radius 1 is 1.10 bits per heavy atom. The molecular formula is C22H22N2O3S2. The van der Waals surface area contributed by atoms with E-state index in [0.717, 1.165) is 35.2 Å². The molecule has 150 valence electrons. The number of aryl methyl sites for hydroxylation is 1. The number of thiophene rings is 1. The second-order valence-corrected chi connectivity index (χ2v) is 9.93. The second kappa shape index (κ2) is 8.00. The second-order valence-electron chi connectivity index (χ2n) is 6.96. The molecule has 5 nitrogen and oxygen atoms in total. The first-order valence-corrected chi connectivity index (χ1v) is 12.1. The van der Waals surface area contributed by atoms with E-state index in [9.17, 15) is 13.2 Å². The summed E-state index contributed by atoms with van der Waals surface area (Å²) in [5.41, 5.74) is 5.13. The maximum Gasteiger partial charge on any atom is 0.255 e. The van der Waals surface area contributed by atoms with Gasteiger partial charge in [-0.2, -0.15) is 11.3 Å². The fourth-order valence-corrected chi connectivity index (χ4v) is 5.39. The van der Waals surface area contributed by atoms with Gasteiger partial charge in [-0.15, -0.1) is 0 Å². The molecule has 0 atom stereocenters. The van der Waals surface area contributed by atoms with Crippen molar-refractivity contribution in [1.29, 1.82) is 0 Å². The molecule has 0 unspecified atom stereocenters. The van der Waals surface area contributed by atoms with Crippen LogP contribution in [0, 0.1) is 0 Å². The number of anilines is 2. The van der Waals surface area contributed by atoms with Crippen molar-refractivity contribution in [3.8, 4) is 11.1 Å². The van der Waals surface area contributed by atoms with Gasteiger partial charge >= 0.3 is 0 Å². The molecule has 7 heteroatoms. The van der Waals surface area contributed by atoms with Crippen molar-refractivity contribution < 1.29 is 13.2 Å². The first-order chi connectivity index (χ1) is 14.0. The smallest absolute Gasteiger partial charge is 0.255 e. The molecule has 0 fully saturated rings. The molecule has 1 aliphatic rings. The molecule has 1 aromatic heterocycles. The van der Waals surface area contributed by atoms with E-state index >= 15 is 0 Å². The molecule has 0 saturated heterocycles. The topological polar surface area (TPSA) is 66.5 Å². The molecule has 0 aliphatic carbocycles. The summed E-state index contributed by atoms with van der Waals surface area (Å²) in [4.78, 5) is 12.6. The van der Waals surface area contributed by atoms with Crippen LogP contribution in [0.2, 0.25) is 0 Å². The molecule has 4 rings (SSSR count). The van der Waals surface area contributed by atoms with Gasteiger partial charge in [0, 0.05) is 17.8 Å². The summed E-state index contributed by atoms with van der Waals surface area (Å²) in [6, 6.07) is 15.0. The minimum atomic E-state index is -3.29. The highest BCUT2D eigenvalue weighted by Gasteiger charge is 2.26. The molecule has 0 bridgehead atoms. The Morgan fingerprint density at radius 2 is 1.90 bits per heavy atom. The first kappa shape index (κ1) is 19.7. The average molecular weight is 427 g/mol. The number of hydrogen-bond acceptors (Lipinski definition) is 4. The normalized spacial score (nSPS) is 13.8. The third kappa shape index (κ3) is 4.06. The summed E-state index contributed by atoms with van der Waals surface area (Å²) in [7, 11) is -3.29. The van der Waals surface area contributed by atoms with Crippen LogP contribution in [0.15, 0.2) is 59.3 Å². The van der Waals surface area contributed by atoms with E-state index in [1.807, 2.05) is 35.7 Å². The predicted molar refractivity (Wildman–Crippen MR) is 119 cm³/mol. The van der Waals surface area contributed by atoms with Crippen molar-refractivity contribution in [2.45, 2.75) is 19.8 Å². The highest BCUT2D eigenvalue weighted by atomic mass is 32.2. The molecule has 1 amide bonds.